The summed E-state index contributed by atoms with van der Waals surface area (Å²) in [7, 11) is 1.25. The van der Waals surface area contributed by atoms with E-state index in [2.05, 4.69) is 25.7 Å². The van der Waals surface area contributed by atoms with E-state index in [1.807, 2.05) is 0 Å². The molecule has 8 heteroatoms. The first-order valence-corrected chi connectivity index (χ1v) is 6.27. The average Bonchev–Trinajstić information content (AvgIpc) is 3.13. The molecule has 0 spiro atoms. The summed E-state index contributed by atoms with van der Waals surface area (Å²) in [5.74, 6) is -0.697. The van der Waals surface area contributed by atoms with Crippen molar-refractivity contribution < 1.29 is 19.2 Å². The van der Waals surface area contributed by atoms with Crippen molar-refractivity contribution in [1.29, 1.82) is 0 Å². The molecule has 0 atom stereocenters. The van der Waals surface area contributed by atoms with E-state index in [0.717, 1.165) is 0 Å². The average molecular weight is 331 g/mol. The molecule has 0 saturated heterocycles. The minimum Gasteiger partial charge on any atom is -0.466 e. The van der Waals surface area contributed by atoms with E-state index in [0.29, 0.717) is 22.9 Å². The van der Waals surface area contributed by atoms with Gasteiger partial charge in [0.2, 0.25) is 5.60 Å². The van der Waals surface area contributed by atoms with Crippen LogP contribution in [0.25, 0.3) is 0 Å². The van der Waals surface area contributed by atoms with Crippen LogP contribution in [0.5, 0.6) is 5.88 Å². The SMILES string of the molecule is COC(=O)C1(Oc2ncc(Br)c(C)c2[N+](=O)[O-])CC1. The summed E-state index contributed by atoms with van der Waals surface area (Å²) in [6, 6.07) is 0. The number of pyridine rings is 1. The molecule has 0 aromatic carbocycles. The first-order chi connectivity index (χ1) is 8.91. The second-order valence-electron chi connectivity index (χ2n) is 4.23. The molecule has 0 unspecified atom stereocenters. The van der Waals surface area contributed by atoms with Crippen molar-refractivity contribution in [3.8, 4) is 5.88 Å². The number of aromatic nitrogens is 1. The Kier molecular flexibility index (Phi) is 3.44. The van der Waals surface area contributed by atoms with Gasteiger partial charge in [0, 0.05) is 29.1 Å². The zero-order valence-electron chi connectivity index (χ0n) is 10.3. The number of carbonyl (C=O) groups is 1. The minimum atomic E-state index is -1.12. The number of methoxy groups -OCH3 is 1. The minimum absolute atomic E-state index is 0.159. The number of ether oxygens (including phenoxy) is 2. The Balaban J connectivity index is 2.39. The maximum Gasteiger partial charge on any atom is 0.350 e. The lowest BCUT2D eigenvalue weighted by Gasteiger charge is -2.15. The van der Waals surface area contributed by atoms with Crippen molar-refractivity contribution in [2.24, 2.45) is 0 Å². The number of hydrogen-bond donors (Lipinski definition) is 0. The lowest BCUT2D eigenvalue weighted by atomic mass is 10.2. The van der Waals surface area contributed by atoms with Gasteiger partial charge in [0.1, 0.15) is 0 Å². The molecule has 0 bridgehead atoms. The monoisotopic (exact) mass is 330 g/mol. The standard InChI is InChI=1S/C11H11BrN2O5/c1-6-7(12)5-13-9(8(6)14(16)17)19-11(3-4-11)10(15)18-2/h5H,3-4H2,1-2H3. The summed E-state index contributed by atoms with van der Waals surface area (Å²) < 4.78 is 10.6. The zero-order chi connectivity index (χ0) is 14.2. The number of nitrogens with zero attached hydrogens (tertiary/aromatic N) is 2. The van der Waals surface area contributed by atoms with Crippen molar-refractivity contribution >= 4 is 27.6 Å². The highest BCUT2D eigenvalue weighted by atomic mass is 79.9. The van der Waals surface area contributed by atoms with Gasteiger partial charge in [0.05, 0.1) is 12.0 Å². The molecule has 1 saturated carbocycles. The molecule has 0 aliphatic heterocycles. The van der Waals surface area contributed by atoms with Crippen LogP contribution in [-0.4, -0.2) is 28.6 Å². The van der Waals surface area contributed by atoms with Crippen LogP contribution in [0.1, 0.15) is 18.4 Å². The van der Waals surface area contributed by atoms with E-state index >= 15 is 0 Å². The Hall–Kier alpha value is -1.70. The Labute approximate surface area is 117 Å². The van der Waals surface area contributed by atoms with Crippen molar-refractivity contribution in [2.75, 3.05) is 7.11 Å². The van der Waals surface area contributed by atoms with Gasteiger partial charge in [0.15, 0.2) is 0 Å². The van der Waals surface area contributed by atoms with Gasteiger partial charge in [-0.2, -0.15) is 0 Å². The lowest BCUT2D eigenvalue weighted by molar-refractivity contribution is -0.387. The highest BCUT2D eigenvalue weighted by molar-refractivity contribution is 9.10. The summed E-state index contributed by atoms with van der Waals surface area (Å²) in [5.41, 5.74) is -0.965. The van der Waals surface area contributed by atoms with E-state index < -0.39 is 16.5 Å². The summed E-state index contributed by atoms with van der Waals surface area (Å²) >= 11 is 3.17. The maximum atomic E-state index is 11.6. The quantitative estimate of drug-likeness (QED) is 0.477. The summed E-state index contributed by atoms with van der Waals surface area (Å²) in [6.45, 7) is 1.58. The molecule has 1 aliphatic rings. The predicted molar refractivity (Wildman–Crippen MR) is 67.9 cm³/mol. The van der Waals surface area contributed by atoms with Gasteiger partial charge in [-0.15, -0.1) is 0 Å². The van der Waals surface area contributed by atoms with Gasteiger partial charge in [-0.25, -0.2) is 9.78 Å². The maximum absolute atomic E-state index is 11.6. The molecule has 1 aromatic heterocycles. The van der Waals surface area contributed by atoms with E-state index in [1.54, 1.807) is 6.92 Å². The summed E-state index contributed by atoms with van der Waals surface area (Å²) in [4.78, 5) is 26.0. The van der Waals surface area contributed by atoms with E-state index in [1.165, 1.54) is 13.3 Å². The van der Waals surface area contributed by atoms with E-state index in [-0.39, 0.29) is 11.6 Å². The molecule has 1 aliphatic carbocycles. The third kappa shape index (κ3) is 2.40. The topological polar surface area (TPSA) is 91.6 Å². The van der Waals surface area contributed by atoms with Crippen LogP contribution < -0.4 is 4.74 Å². The van der Waals surface area contributed by atoms with Gasteiger partial charge in [0.25, 0.3) is 5.88 Å². The smallest absolute Gasteiger partial charge is 0.350 e. The fourth-order valence-corrected chi connectivity index (χ4v) is 1.96. The highest BCUT2D eigenvalue weighted by Gasteiger charge is 2.55. The number of esters is 1. The van der Waals surface area contributed by atoms with Crippen molar-refractivity contribution in [1.82, 2.24) is 4.98 Å². The van der Waals surface area contributed by atoms with Crippen LogP contribution in [0.3, 0.4) is 0 Å². The predicted octanol–water partition coefficient (Wildman–Crippen LogP) is 2.15. The second kappa shape index (κ2) is 4.76. The van der Waals surface area contributed by atoms with Crippen LogP contribution in [0.2, 0.25) is 0 Å². The van der Waals surface area contributed by atoms with Gasteiger partial charge in [-0.1, -0.05) is 0 Å². The van der Waals surface area contributed by atoms with Crippen molar-refractivity contribution in [3.05, 3.63) is 26.3 Å². The number of nitro groups is 1. The second-order valence-corrected chi connectivity index (χ2v) is 5.08. The molecule has 19 heavy (non-hydrogen) atoms. The zero-order valence-corrected chi connectivity index (χ0v) is 11.9. The molecule has 0 N–H and O–H groups in total. The number of carbonyl (C=O) groups excluding carboxylic acids is 1. The van der Waals surface area contributed by atoms with E-state index in [4.69, 9.17) is 4.74 Å². The van der Waals surface area contributed by atoms with Gasteiger partial charge >= 0.3 is 11.7 Å². The highest BCUT2D eigenvalue weighted by Crippen LogP contribution is 2.44. The number of hydrogen-bond acceptors (Lipinski definition) is 6. The Bertz CT molecular complexity index is 556. The Morgan fingerprint density at radius 3 is 2.68 bits per heavy atom. The fraction of sp³-hybridized carbons (Fsp3) is 0.455. The molecule has 7 nitrogen and oxygen atoms in total. The molecule has 2 rings (SSSR count). The lowest BCUT2D eigenvalue weighted by Crippen LogP contribution is -2.31. The van der Waals surface area contributed by atoms with Crippen molar-refractivity contribution in [3.63, 3.8) is 0 Å². The molecular formula is C11H11BrN2O5. The van der Waals surface area contributed by atoms with Crippen molar-refractivity contribution in [2.45, 2.75) is 25.4 Å². The van der Waals surface area contributed by atoms with E-state index in [9.17, 15) is 14.9 Å². The first-order valence-electron chi connectivity index (χ1n) is 5.48. The number of rotatable bonds is 4. The normalized spacial score (nSPS) is 15.7. The summed E-state index contributed by atoms with van der Waals surface area (Å²) in [6.07, 6.45) is 2.34. The Morgan fingerprint density at radius 2 is 2.21 bits per heavy atom. The Morgan fingerprint density at radius 1 is 1.58 bits per heavy atom. The van der Waals surface area contributed by atoms with Gasteiger partial charge in [-0.05, 0) is 22.9 Å². The van der Waals surface area contributed by atoms with Crippen LogP contribution >= 0.6 is 15.9 Å². The molecule has 102 valence electrons. The molecule has 1 heterocycles. The van der Waals surface area contributed by atoms with Gasteiger partial charge < -0.3 is 9.47 Å². The molecular weight excluding hydrogens is 320 g/mol. The molecule has 1 aromatic rings. The largest absolute Gasteiger partial charge is 0.466 e. The molecule has 0 amide bonds. The summed E-state index contributed by atoms with van der Waals surface area (Å²) in [5, 5.41) is 11.1. The molecule has 1 fully saturated rings. The third-order valence-corrected chi connectivity index (χ3v) is 3.75. The van der Waals surface area contributed by atoms with Crippen LogP contribution in [-0.2, 0) is 9.53 Å². The fourth-order valence-electron chi connectivity index (χ4n) is 1.67. The molecule has 0 radical (unpaired) electrons. The first kappa shape index (κ1) is 13.7. The third-order valence-electron chi connectivity index (χ3n) is 2.95. The van der Waals surface area contributed by atoms with Gasteiger partial charge in [-0.3, -0.25) is 10.1 Å². The number of halogens is 1. The van der Waals surface area contributed by atoms with Crippen LogP contribution in [0.15, 0.2) is 10.7 Å². The van der Waals surface area contributed by atoms with Crippen LogP contribution in [0.4, 0.5) is 5.69 Å². The van der Waals surface area contributed by atoms with Crippen LogP contribution in [0, 0.1) is 17.0 Å².